The van der Waals surface area contributed by atoms with E-state index in [1.165, 1.54) is 17.0 Å². The van der Waals surface area contributed by atoms with E-state index >= 15 is 0 Å². The van der Waals surface area contributed by atoms with Gasteiger partial charge in [-0.25, -0.2) is 4.39 Å². The minimum absolute atomic E-state index is 0.131. The summed E-state index contributed by atoms with van der Waals surface area (Å²) in [5.41, 5.74) is 1.18. The first-order valence-corrected chi connectivity index (χ1v) is 7.68. The summed E-state index contributed by atoms with van der Waals surface area (Å²) >= 11 is 6.10. The van der Waals surface area contributed by atoms with E-state index in [4.69, 9.17) is 21.1 Å². The summed E-state index contributed by atoms with van der Waals surface area (Å²) < 4.78 is 24.2. The summed E-state index contributed by atoms with van der Waals surface area (Å²) in [7, 11) is 1.62. The summed E-state index contributed by atoms with van der Waals surface area (Å²) in [5.74, 6) is 0.488. The molecule has 124 valence electrons. The van der Waals surface area contributed by atoms with E-state index in [0.29, 0.717) is 22.1 Å². The van der Waals surface area contributed by atoms with Crippen LogP contribution in [-0.2, 0) is 11.3 Å². The third-order valence-corrected chi connectivity index (χ3v) is 3.89. The first kappa shape index (κ1) is 16.3. The van der Waals surface area contributed by atoms with Gasteiger partial charge in [0.25, 0.3) is 0 Å². The minimum Gasteiger partial charge on any atom is -0.454 e. The van der Waals surface area contributed by atoms with Crippen LogP contribution >= 0.6 is 11.6 Å². The van der Waals surface area contributed by atoms with Gasteiger partial charge in [0.1, 0.15) is 5.82 Å². The van der Waals surface area contributed by atoms with E-state index in [-0.39, 0.29) is 25.1 Å². The Kier molecular flexibility index (Phi) is 4.71. The fraction of sp³-hybridized carbons (Fsp3) is 0.167. The van der Waals surface area contributed by atoms with Crippen molar-refractivity contribution in [2.75, 3.05) is 13.8 Å². The van der Waals surface area contributed by atoms with Crippen molar-refractivity contribution in [2.45, 2.75) is 6.54 Å². The average Bonchev–Trinajstić information content (AvgIpc) is 3.04. The number of ether oxygens (including phenoxy) is 2. The highest BCUT2D eigenvalue weighted by Crippen LogP contribution is 2.40. The van der Waals surface area contributed by atoms with Crippen molar-refractivity contribution >= 4 is 23.6 Å². The Morgan fingerprint density at radius 3 is 2.92 bits per heavy atom. The first-order chi connectivity index (χ1) is 11.5. The quantitative estimate of drug-likeness (QED) is 0.788. The lowest BCUT2D eigenvalue weighted by atomic mass is 10.1. The number of benzene rings is 2. The van der Waals surface area contributed by atoms with Gasteiger partial charge in [-0.2, -0.15) is 0 Å². The van der Waals surface area contributed by atoms with Gasteiger partial charge in [0.2, 0.25) is 12.7 Å². The Morgan fingerprint density at radius 2 is 2.12 bits per heavy atom. The van der Waals surface area contributed by atoms with Crippen molar-refractivity contribution in [3.8, 4) is 11.5 Å². The highest BCUT2D eigenvalue weighted by atomic mass is 35.5. The van der Waals surface area contributed by atoms with Crippen molar-refractivity contribution in [2.24, 2.45) is 0 Å². The molecular weight excluding hydrogens is 333 g/mol. The number of nitrogens with zero attached hydrogens (tertiary/aromatic N) is 1. The Bertz CT molecular complexity index is 807. The molecule has 3 rings (SSSR count). The summed E-state index contributed by atoms with van der Waals surface area (Å²) in [6, 6.07) is 9.81. The van der Waals surface area contributed by atoms with E-state index < -0.39 is 0 Å². The van der Waals surface area contributed by atoms with E-state index in [1.54, 1.807) is 43.5 Å². The van der Waals surface area contributed by atoms with Crippen molar-refractivity contribution in [1.29, 1.82) is 0 Å². The number of carbonyl (C=O) groups excluding carboxylic acids is 1. The molecule has 0 unspecified atom stereocenters. The maximum Gasteiger partial charge on any atom is 0.246 e. The monoisotopic (exact) mass is 347 g/mol. The second-order valence-electron chi connectivity index (χ2n) is 5.36. The van der Waals surface area contributed by atoms with Gasteiger partial charge < -0.3 is 14.4 Å². The molecule has 0 saturated heterocycles. The zero-order chi connectivity index (χ0) is 17.1. The van der Waals surface area contributed by atoms with Crippen molar-refractivity contribution < 1.29 is 18.7 Å². The molecule has 0 aromatic heterocycles. The average molecular weight is 348 g/mol. The van der Waals surface area contributed by atoms with E-state index in [0.717, 1.165) is 5.56 Å². The molecule has 0 N–H and O–H groups in total. The van der Waals surface area contributed by atoms with Crippen LogP contribution in [0, 0.1) is 5.82 Å². The maximum atomic E-state index is 13.6. The molecule has 4 nitrogen and oxygen atoms in total. The molecule has 0 fully saturated rings. The normalized spacial score (nSPS) is 12.6. The van der Waals surface area contributed by atoms with Crippen molar-refractivity contribution in [3.05, 3.63) is 64.4 Å². The maximum absolute atomic E-state index is 13.6. The molecule has 1 amide bonds. The molecule has 2 aromatic carbocycles. The molecule has 0 spiro atoms. The lowest BCUT2D eigenvalue weighted by Gasteiger charge is -2.15. The minimum atomic E-state index is -0.330. The Labute approximate surface area is 144 Å². The molecular formula is C18H15ClFNO3. The van der Waals surface area contributed by atoms with Crippen molar-refractivity contribution in [3.63, 3.8) is 0 Å². The predicted octanol–water partition coefficient (Wildman–Crippen LogP) is 3.88. The standard InChI is InChI=1S/C18H15ClFNO3/c1-21(10-13-4-2-3-5-15(13)20)17(22)7-6-12-8-14(19)18-16(9-12)23-11-24-18/h2-9H,10-11H2,1H3/b7-6+. The van der Waals surface area contributed by atoms with Gasteiger partial charge >= 0.3 is 0 Å². The SMILES string of the molecule is CN(Cc1ccccc1F)C(=O)/C=C/c1cc(Cl)c2c(c1)OCO2. The molecule has 2 aromatic rings. The summed E-state index contributed by atoms with van der Waals surface area (Å²) in [6.45, 7) is 0.324. The fourth-order valence-electron chi connectivity index (χ4n) is 2.34. The summed E-state index contributed by atoms with van der Waals surface area (Å²) in [4.78, 5) is 13.6. The first-order valence-electron chi connectivity index (χ1n) is 7.30. The zero-order valence-corrected chi connectivity index (χ0v) is 13.7. The second-order valence-corrected chi connectivity index (χ2v) is 5.76. The largest absolute Gasteiger partial charge is 0.454 e. The van der Waals surface area contributed by atoms with Gasteiger partial charge in [-0.15, -0.1) is 0 Å². The summed E-state index contributed by atoms with van der Waals surface area (Å²) in [6.07, 6.45) is 3.04. The van der Waals surface area contributed by atoms with Crippen LogP contribution in [0.2, 0.25) is 5.02 Å². The molecule has 0 bridgehead atoms. The highest BCUT2D eigenvalue weighted by molar-refractivity contribution is 6.32. The molecule has 0 atom stereocenters. The number of fused-ring (bicyclic) bond motifs is 1. The van der Waals surface area contributed by atoms with Crippen LogP contribution in [0.3, 0.4) is 0 Å². The number of likely N-dealkylation sites (N-methyl/N-ethyl adjacent to an activating group) is 1. The molecule has 6 heteroatoms. The van der Waals surface area contributed by atoms with Crippen LogP contribution in [0.1, 0.15) is 11.1 Å². The lowest BCUT2D eigenvalue weighted by molar-refractivity contribution is -0.125. The molecule has 24 heavy (non-hydrogen) atoms. The van der Waals surface area contributed by atoms with E-state index in [9.17, 15) is 9.18 Å². The molecule has 0 saturated carbocycles. The van der Waals surface area contributed by atoms with Gasteiger partial charge in [0.05, 0.1) is 5.02 Å². The lowest BCUT2D eigenvalue weighted by Crippen LogP contribution is -2.24. The van der Waals surface area contributed by atoms with Crippen molar-refractivity contribution in [1.82, 2.24) is 4.90 Å². The highest BCUT2D eigenvalue weighted by Gasteiger charge is 2.17. The van der Waals surface area contributed by atoms with E-state index in [2.05, 4.69) is 0 Å². The topological polar surface area (TPSA) is 38.8 Å². The van der Waals surface area contributed by atoms with Crippen LogP contribution in [-0.4, -0.2) is 24.6 Å². The Morgan fingerprint density at radius 1 is 1.33 bits per heavy atom. The van der Waals surface area contributed by atoms with Gasteiger partial charge in [0.15, 0.2) is 11.5 Å². The van der Waals surface area contributed by atoms with Gasteiger partial charge in [-0.3, -0.25) is 4.79 Å². The molecule has 0 radical (unpaired) electrons. The predicted molar refractivity (Wildman–Crippen MR) is 89.5 cm³/mol. The van der Waals surface area contributed by atoms with E-state index in [1.807, 2.05) is 0 Å². The third kappa shape index (κ3) is 3.51. The van der Waals surface area contributed by atoms with Gasteiger partial charge in [-0.05, 0) is 29.8 Å². The van der Waals surface area contributed by atoms with Crippen LogP contribution < -0.4 is 9.47 Å². The number of halogens is 2. The van der Waals surface area contributed by atoms with Crippen LogP contribution in [0.25, 0.3) is 6.08 Å². The second kappa shape index (κ2) is 6.93. The zero-order valence-electron chi connectivity index (χ0n) is 13.0. The van der Waals surface area contributed by atoms with Gasteiger partial charge in [-0.1, -0.05) is 29.8 Å². The van der Waals surface area contributed by atoms with Crippen LogP contribution in [0.15, 0.2) is 42.5 Å². The smallest absolute Gasteiger partial charge is 0.246 e. The Hall–Kier alpha value is -2.53. The van der Waals surface area contributed by atoms with Crippen LogP contribution in [0.5, 0.6) is 11.5 Å². The summed E-state index contributed by atoms with van der Waals surface area (Å²) in [5, 5.41) is 0.428. The third-order valence-electron chi connectivity index (χ3n) is 3.61. The molecule has 0 aliphatic carbocycles. The number of hydrogen-bond donors (Lipinski definition) is 0. The number of rotatable bonds is 4. The Balaban J connectivity index is 1.69. The number of amides is 1. The fourth-order valence-corrected chi connectivity index (χ4v) is 2.61. The number of hydrogen-bond acceptors (Lipinski definition) is 3. The molecule has 1 heterocycles. The number of carbonyl (C=O) groups is 1. The van der Waals surface area contributed by atoms with Crippen LogP contribution in [0.4, 0.5) is 4.39 Å². The molecule has 1 aliphatic rings. The molecule has 1 aliphatic heterocycles. The van der Waals surface area contributed by atoms with Gasteiger partial charge in [0, 0.05) is 25.2 Å².